The highest BCUT2D eigenvalue weighted by atomic mass is 15.5. The first kappa shape index (κ1) is 33.7. The SMILES string of the molecule is CCCCCCCCCC[N+]12CC[N+](CCCCC[N+]34CC[N+](CCCCCCCCCC)(CC3)CC4)(CC1)CC2. The fourth-order valence-corrected chi connectivity index (χ4v) is 9.46. The molecule has 6 aliphatic heterocycles. The topological polar surface area (TPSA) is 0 Å². The van der Waals surface area contributed by atoms with E-state index in [1.807, 2.05) is 0 Å². The van der Waals surface area contributed by atoms with Crippen molar-refractivity contribution in [2.75, 3.05) is 105 Å². The molecule has 0 unspecified atom stereocenters. The number of rotatable bonds is 24. The molecule has 4 heteroatoms. The van der Waals surface area contributed by atoms with E-state index in [1.54, 1.807) is 0 Å². The zero-order valence-electron chi connectivity index (χ0n) is 28.5. The molecule has 41 heavy (non-hydrogen) atoms. The molecular formula is C37H76N4+4. The van der Waals surface area contributed by atoms with Gasteiger partial charge in [-0.05, 0) is 44.9 Å². The number of piperazine rings is 6. The third kappa shape index (κ3) is 10.5. The Kier molecular flexibility index (Phi) is 14.3. The molecule has 6 heterocycles. The molecule has 0 aliphatic carbocycles. The minimum atomic E-state index is 1.37. The number of unbranched alkanes of at least 4 members (excludes halogenated alkanes) is 16. The molecule has 0 aromatic carbocycles. The van der Waals surface area contributed by atoms with Crippen LogP contribution < -0.4 is 0 Å². The Hall–Kier alpha value is -0.160. The lowest BCUT2D eigenvalue weighted by Gasteiger charge is -2.56. The van der Waals surface area contributed by atoms with Crippen LogP contribution in [0.3, 0.4) is 0 Å². The maximum absolute atomic E-state index is 2.32. The first-order valence-corrected chi connectivity index (χ1v) is 19.5. The lowest BCUT2D eigenvalue weighted by atomic mass is 10.0. The summed E-state index contributed by atoms with van der Waals surface area (Å²) in [6.45, 7) is 28.6. The van der Waals surface area contributed by atoms with E-state index in [0.717, 1.165) is 0 Å². The molecule has 0 saturated carbocycles. The van der Waals surface area contributed by atoms with Crippen LogP contribution in [0.1, 0.15) is 136 Å². The fraction of sp³-hybridized carbons (Fsp3) is 1.00. The summed E-state index contributed by atoms with van der Waals surface area (Å²) in [6.07, 6.45) is 27.9. The van der Waals surface area contributed by atoms with Crippen LogP contribution in [0, 0.1) is 0 Å². The van der Waals surface area contributed by atoms with Gasteiger partial charge in [0.25, 0.3) is 0 Å². The normalized spacial score (nSPS) is 32.6. The average molecular weight is 577 g/mol. The van der Waals surface area contributed by atoms with Crippen LogP contribution in [-0.2, 0) is 0 Å². The number of hydrogen-bond acceptors (Lipinski definition) is 0. The van der Waals surface area contributed by atoms with Gasteiger partial charge in [-0.2, -0.15) is 0 Å². The van der Waals surface area contributed by atoms with Crippen molar-refractivity contribution in [3.8, 4) is 0 Å². The van der Waals surface area contributed by atoms with Crippen LogP contribution in [0.4, 0.5) is 0 Å². The smallest absolute Gasteiger partial charge is 0.129 e. The van der Waals surface area contributed by atoms with E-state index < -0.39 is 0 Å². The van der Waals surface area contributed by atoms with Crippen molar-refractivity contribution >= 4 is 0 Å². The van der Waals surface area contributed by atoms with Gasteiger partial charge >= 0.3 is 0 Å². The molecule has 0 N–H and O–H groups in total. The third-order valence-corrected chi connectivity index (χ3v) is 13.0. The van der Waals surface area contributed by atoms with Gasteiger partial charge in [-0.1, -0.05) is 90.9 Å². The highest BCUT2D eigenvalue weighted by molar-refractivity contribution is 4.65. The molecule has 4 nitrogen and oxygen atoms in total. The zero-order chi connectivity index (χ0) is 28.7. The Bertz CT molecular complexity index is 598. The van der Waals surface area contributed by atoms with E-state index in [2.05, 4.69) is 13.8 Å². The quantitative estimate of drug-likeness (QED) is 0.0814. The molecule has 6 fully saturated rings. The number of quaternary nitrogens is 4. The van der Waals surface area contributed by atoms with Gasteiger partial charge in [0, 0.05) is 0 Å². The van der Waals surface area contributed by atoms with Crippen molar-refractivity contribution in [1.82, 2.24) is 0 Å². The van der Waals surface area contributed by atoms with Gasteiger partial charge in [0.05, 0.1) is 26.2 Å². The second kappa shape index (κ2) is 17.4. The maximum atomic E-state index is 2.32. The van der Waals surface area contributed by atoms with Gasteiger partial charge in [-0.25, -0.2) is 0 Å². The van der Waals surface area contributed by atoms with Crippen LogP contribution in [0.5, 0.6) is 0 Å². The molecule has 0 spiro atoms. The number of nitrogens with zero attached hydrogens (tertiary/aromatic N) is 4. The summed E-state index contributed by atoms with van der Waals surface area (Å²) >= 11 is 0. The molecule has 240 valence electrons. The summed E-state index contributed by atoms with van der Waals surface area (Å²) in [5.74, 6) is 0. The summed E-state index contributed by atoms with van der Waals surface area (Å²) in [6, 6.07) is 0. The first-order chi connectivity index (χ1) is 20.1. The van der Waals surface area contributed by atoms with Gasteiger partial charge < -0.3 is 17.9 Å². The van der Waals surface area contributed by atoms with Crippen LogP contribution in [0.15, 0.2) is 0 Å². The largest absolute Gasteiger partial charge is 0.310 e. The van der Waals surface area contributed by atoms with Crippen molar-refractivity contribution < 1.29 is 17.9 Å². The van der Waals surface area contributed by atoms with Crippen molar-refractivity contribution in [3.63, 3.8) is 0 Å². The molecule has 0 radical (unpaired) electrons. The van der Waals surface area contributed by atoms with E-state index in [9.17, 15) is 0 Å². The molecule has 6 aliphatic rings. The van der Waals surface area contributed by atoms with Crippen molar-refractivity contribution in [2.45, 2.75) is 136 Å². The van der Waals surface area contributed by atoms with E-state index >= 15 is 0 Å². The molecular weight excluding hydrogens is 500 g/mol. The van der Waals surface area contributed by atoms with Crippen LogP contribution in [0.2, 0.25) is 0 Å². The van der Waals surface area contributed by atoms with E-state index in [0.29, 0.717) is 0 Å². The van der Waals surface area contributed by atoms with Gasteiger partial charge in [0.1, 0.15) is 78.5 Å². The van der Waals surface area contributed by atoms with E-state index in [1.165, 1.54) is 245 Å². The summed E-state index contributed by atoms with van der Waals surface area (Å²) in [5.41, 5.74) is 0. The van der Waals surface area contributed by atoms with Crippen LogP contribution in [-0.4, -0.2) is 123 Å². The maximum Gasteiger partial charge on any atom is 0.129 e. The summed E-state index contributed by atoms with van der Waals surface area (Å²) in [5, 5.41) is 0. The molecule has 0 amide bonds. The van der Waals surface area contributed by atoms with Gasteiger partial charge in [-0.15, -0.1) is 0 Å². The van der Waals surface area contributed by atoms with E-state index in [-0.39, 0.29) is 0 Å². The molecule has 0 aromatic heterocycles. The van der Waals surface area contributed by atoms with Crippen LogP contribution in [0.25, 0.3) is 0 Å². The minimum absolute atomic E-state index is 1.37. The second-order valence-corrected chi connectivity index (χ2v) is 16.0. The minimum Gasteiger partial charge on any atom is -0.310 e. The van der Waals surface area contributed by atoms with Gasteiger partial charge in [0.15, 0.2) is 0 Å². The van der Waals surface area contributed by atoms with Gasteiger partial charge in [-0.3, -0.25) is 0 Å². The monoisotopic (exact) mass is 577 g/mol. The molecule has 4 bridgehead atoms. The highest BCUT2D eigenvalue weighted by Crippen LogP contribution is 2.30. The van der Waals surface area contributed by atoms with Crippen molar-refractivity contribution in [2.24, 2.45) is 0 Å². The first-order valence-electron chi connectivity index (χ1n) is 19.5. The molecule has 0 aromatic rings. The summed E-state index contributed by atoms with van der Waals surface area (Å²) < 4.78 is 5.98. The lowest BCUT2D eigenvalue weighted by molar-refractivity contribution is -1.08. The molecule has 6 rings (SSSR count). The second-order valence-electron chi connectivity index (χ2n) is 16.0. The predicted octanol–water partition coefficient (Wildman–Crippen LogP) is 7.76. The Balaban J connectivity index is 1.01. The Morgan fingerprint density at radius 3 is 0.634 bits per heavy atom. The van der Waals surface area contributed by atoms with Crippen molar-refractivity contribution in [3.05, 3.63) is 0 Å². The Labute approximate surface area is 258 Å². The number of fused-ring (bicyclic) bond motifs is 6. The Morgan fingerprint density at radius 1 is 0.244 bits per heavy atom. The van der Waals surface area contributed by atoms with Crippen molar-refractivity contribution in [1.29, 1.82) is 0 Å². The molecule has 0 atom stereocenters. The summed E-state index contributed by atoms with van der Waals surface area (Å²) in [4.78, 5) is 0. The third-order valence-electron chi connectivity index (χ3n) is 13.0. The van der Waals surface area contributed by atoms with Gasteiger partial charge in [0.2, 0.25) is 0 Å². The average Bonchev–Trinajstić information content (AvgIpc) is 3.02. The zero-order valence-corrected chi connectivity index (χ0v) is 28.5. The van der Waals surface area contributed by atoms with Crippen LogP contribution >= 0.6 is 0 Å². The standard InChI is InChI=1S/C37H76N4/c1-3-5-7-9-11-13-15-18-22-38-26-32-40(33-27-38,34-28-38)24-20-17-21-25-41-35-29-39(30-36-41,31-37-41)23-19-16-14-12-10-8-6-4-2/h3-37H2,1-2H3/q+4. The highest BCUT2D eigenvalue weighted by Gasteiger charge is 2.49. The number of hydrogen-bond donors (Lipinski definition) is 0. The predicted molar refractivity (Wildman–Crippen MR) is 178 cm³/mol. The van der Waals surface area contributed by atoms with E-state index in [4.69, 9.17) is 0 Å². The Morgan fingerprint density at radius 2 is 0.415 bits per heavy atom. The fourth-order valence-electron chi connectivity index (χ4n) is 9.46. The lowest BCUT2D eigenvalue weighted by Crippen LogP contribution is -2.75. The summed E-state index contributed by atoms with van der Waals surface area (Å²) in [7, 11) is 0. The molecule has 6 saturated heterocycles.